The Hall–Kier alpha value is -3.12. The molecule has 2 aromatic carbocycles. The molecule has 0 bridgehead atoms. The molecule has 0 saturated carbocycles. The van der Waals surface area contributed by atoms with E-state index in [2.05, 4.69) is 32.6 Å². The van der Waals surface area contributed by atoms with Crippen molar-refractivity contribution in [2.45, 2.75) is 12.5 Å². The Balaban J connectivity index is 1.55. The van der Waals surface area contributed by atoms with E-state index < -0.39 is 0 Å². The zero-order valence-corrected chi connectivity index (χ0v) is 15.2. The summed E-state index contributed by atoms with van der Waals surface area (Å²) in [5, 5.41) is 13.6. The zero-order chi connectivity index (χ0) is 18.5. The van der Waals surface area contributed by atoms with Crippen molar-refractivity contribution in [1.82, 2.24) is 15.2 Å². The second-order valence-corrected chi connectivity index (χ2v) is 7.11. The lowest BCUT2D eigenvalue weighted by Crippen LogP contribution is -2.13. The van der Waals surface area contributed by atoms with E-state index in [1.54, 1.807) is 18.3 Å². The minimum absolute atomic E-state index is 0.112. The molecule has 2 aromatic heterocycles. The van der Waals surface area contributed by atoms with Crippen LogP contribution in [0.25, 0.3) is 0 Å². The number of nitrogens with zero attached hydrogens (tertiary/aromatic N) is 3. The Labute approximate surface area is 160 Å². The van der Waals surface area contributed by atoms with Crippen molar-refractivity contribution in [3.8, 4) is 0 Å². The van der Waals surface area contributed by atoms with Crippen molar-refractivity contribution in [3.05, 3.63) is 107 Å². The van der Waals surface area contributed by atoms with E-state index in [4.69, 9.17) is 0 Å². The smallest absolute Gasteiger partial charge is 0.206 e. The van der Waals surface area contributed by atoms with Crippen LogP contribution in [0, 0.1) is 5.82 Å². The van der Waals surface area contributed by atoms with Gasteiger partial charge < -0.3 is 5.32 Å². The van der Waals surface area contributed by atoms with E-state index in [0.29, 0.717) is 6.42 Å². The predicted octanol–water partition coefficient (Wildman–Crippen LogP) is 4.86. The number of benzene rings is 2. The van der Waals surface area contributed by atoms with Crippen LogP contribution in [0.4, 0.5) is 9.52 Å². The summed E-state index contributed by atoms with van der Waals surface area (Å²) >= 11 is 1.49. The summed E-state index contributed by atoms with van der Waals surface area (Å²) in [7, 11) is 0. The van der Waals surface area contributed by atoms with Crippen molar-refractivity contribution in [2.24, 2.45) is 0 Å². The van der Waals surface area contributed by atoms with Gasteiger partial charge >= 0.3 is 0 Å². The highest BCUT2D eigenvalue weighted by Crippen LogP contribution is 2.27. The second-order valence-electron chi connectivity index (χ2n) is 6.05. The number of nitrogens with one attached hydrogen (secondary N) is 1. The first-order valence-electron chi connectivity index (χ1n) is 8.57. The lowest BCUT2D eigenvalue weighted by molar-refractivity contribution is 0.627. The summed E-state index contributed by atoms with van der Waals surface area (Å²) < 4.78 is 13.1. The molecule has 4 aromatic rings. The van der Waals surface area contributed by atoms with Crippen LogP contribution in [0.5, 0.6) is 0 Å². The molecule has 4 nitrogen and oxygen atoms in total. The Kier molecular flexibility index (Phi) is 5.16. The molecule has 0 saturated heterocycles. The molecule has 0 aliphatic heterocycles. The molecule has 134 valence electrons. The third-order valence-corrected chi connectivity index (χ3v) is 4.97. The third kappa shape index (κ3) is 4.35. The van der Waals surface area contributed by atoms with E-state index in [1.807, 2.05) is 36.4 Å². The van der Waals surface area contributed by atoms with Gasteiger partial charge in [-0.2, -0.15) is 0 Å². The second kappa shape index (κ2) is 8.05. The third-order valence-electron chi connectivity index (χ3n) is 4.12. The summed E-state index contributed by atoms with van der Waals surface area (Å²) in [6, 6.07) is 22.3. The minimum Gasteiger partial charge on any atom is -0.348 e. The average molecular weight is 376 g/mol. The summed E-state index contributed by atoms with van der Waals surface area (Å²) in [6.07, 6.45) is 2.41. The van der Waals surface area contributed by atoms with E-state index in [-0.39, 0.29) is 11.9 Å². The maximum absolute atomic E-state index is 13.1. The van der Waals surface area contributed by atoms with Gasteiger partial charge in [0.05, 0.1) is 11.7 Å². The van der Waals surface area contributed by atoms with Crippen molar-refractivity contribution in [3.63, 3.8) is 0 Å². The molecule has 27 heavy (non-hydrogen) atoms. The molecule has 0 aliphatic rings. The van der Waals surface area contributed by atoms with Gasteiger partial charge in [0.2, 0.25) is 5.13 Å². The minimum atomic E-state index is -0.237. The van der Waals surface area contributed by atoms with E-state index >= 15 is 0 Å². The highest BCUT2D eigenvalue weighted by molar-refractivity contribution is 7.15. The summed E-state index contributed by atoms with van der Waals surface area (Å²) in [4.78, 5) is 4.49. The molecule has 0 radical (unpaired) electrons. The lowest BCUT2D eigenvalue weighted by atomic mass is 10.0. The van der Waals surface area contributed by atoms with Gasteiger partial charge in [-0.25, -0.2) is 4.39 Å². The van der Waals surface area contributed by atoms with Crippen molar-refractivity contribution in [1.29, 1.82) is 0 Å². The summed E-state index contributed by atoms with van der Waals surface area (Å²) in [6.45, 7) is 0. The lowest BCUT2D eigenvalue weighted by Gasteiger charge is -2.17. The Morgan fingerprint density at radius 3 is 2.41 bits per heavy atom. The van der Waals surface area contributed by atoms with Crippen molar-refractivity contribution < 1.29 is 4.39 Å². The van der Waals surface area contributed by atoms with E-state index in [1.165, 1.54) is 23.5 Å². The van der Waals surface area contributed by atoms with Crippen LogP contribution in [0.3, 0.4) is 0 Å². The molecule has 6 heteroatoms. The van der Waals surface area contributed by atoms with Gasteiger partial charge in [0.1, 0.15) is 10.8 Å². The summed E-state index contributed by atoms with van der Waals surface area (Å²) in [5.74, 6) is -0.237. The molecule has 0 fully saturated rings. The van der Waals surface area contributed by atoms with E-state index in [0.717, 1.165) is 27.0 Å². The maximum atomic E-state index is 13.1. The summed E-state index contributed by atoms with van der Waals surface area (Å²) in [5.41, 5.74) is 3.02. The number of pyridine rings is 1. The SMILES string of the molecule is Fc1ccc(Cc2nnc(NC(c3ccccc3)c3ccccn3)s2)cc1. The highest BCUT2D eigenvalue weighted by Gasteiger charge is 2.17. The van der Waals surface area contributed by atoms with Gasteiger partial charge in [0.25, 0.3) is 0 Å². The molecular weight excluding hydrogens is 359 g/mol. The van der Waals surface area contributed by atoms with Gasteiger partial charge in [0, 0.05) is 12.6 Å². The highest BCUT2D eigenvalue weighted by atomic mass is 32.1. The Morgan fingerprint density at radius 2 is 1.67 bits per heavy atom. The van der Waals surface area contributed by atoms with Gasteiger partial charge in [-0.05, 0) is 35.4 Å². The molecule has 0 amide bonds. The van der Waals surface area contributed by atoms with Crippen molar-refractivity contribution >= 4 is 16.5 Å². The fourth-order valence-corrected chi connectivity index (χ4v) is 3.61. The van der Waals surface area contributed by atoms with Crippen LogP contribution in [0.1, 0.15) is 27.9 Å². The van der Waals surface area contributed by atoms with Gasteiger partial charge in [-0.15, -0.1) is 10.2 Å². The molecule has 0 spiro atoms. The average Bonchev–Trinajstić information content (AvgIpc) is 3.16. The number of hydrogen-bond acceptors (Lipinski definition) is 5. The van der Waals surface area contributed by atoms with Crippen LogP contribution < -0.4 is 5.32 Å². The van der Waals surface area contributed by atoms with Gasteiger partial charge in [-0.1, -0.05) is 59.9 Å². The normalized spacial score (nSPS) is 11.9. The molecule has 0 aliphatic carbocycles. The molecule has 1 atom stereocenters. The Morgan fingerprint density at radius 1 is 0.889 bits per heavy atom. The maximum Gasteiger partial charge on any atom is 0.206 e. The quantitative estimate of drug-likeness (QED) is 0.522. The van der Waals surface area contributed by atoms with Gasteiger partial charge in [0.15, 0.2) is 0 Å². The number of aromatic nitrogens is 3. The molecule has 1 N–H and O–H groups in total. The monoisotopic (exact) mass is 376 g/mol. The zero-order valence-electron chi connectivity index (χ0n) is 14.4. The molecule has 1 unspecified atom stereocenters. The van der Waals surface area contributed by atoms with Gasteiger partial charge in [-0.3, -0.25) is 4.98 Å². The van der Waals surface area contributed by atoms with E-state index in [9.17, 15) is 4.39 Å². The van der Waals surface area contributed by atoms with Crippen LogP contribution in [-0.2, 0) is 6.42 Å². The number of anilines is 1. The topological polar surface area (TPSA) is 50.7 Å². The molecule has 4 rings (SSSR count). The first-order valence-corrected chi connectivity index (χ1v) is 9.39. The standard InChI is InChI=1S/C21H17FN4S/c22-17-11-9-15(10-12-17)14-19-25-26-21(27-19)24-20(16-6-2-1-3-7-16)18-8-4-5-13-23-18/h1-13,20H,14H2,(H,24,26). The van der Waals surface area contributed by atoms with Crippen LogP contribution in [-0.4, -0.2) is 15.2 Å². The largest absolute Gasteiger partial charge is 0.348 e. The van der Waals surface area contributed by atoms with Crippen LogP contribution in [0.15, 0.2) is 79.0 Å². The molecular formula is C21H17FN4S. The number of halogens is 1. The van der Waals surface area contributed by atoms with Crippen molar-refractivity contribution in [2.75, 3.05) is 5.32 Å². The fourth-order valence-electron chi connectivity index (χ4n) is 2.80. The number of rotatable bonds is 6. The fraction of sp³-hybridized carbons (Fsp3) is 0.0952. The van der Waals surface area contributed by atoms with Crippen LogP contribution >= 0.6 is 11.3 Å². The first-order chi connectivity index (χ1) is 13.3. The number of hydrogen-bond donors (Lipinski definition) is 1. The van der Waals surface area contributed by atoms with Crippen LogP contribution in [0.2, 0.25) is 0 Å². The predicted molar refractivity (Wildman–Crippen MR) is 105 cm³/mol. The molecule has 2 heterocycles. The Bertz CT molecular complexity index is 948. The first kappa shape index (κ1) is 17.3.